The molecule has 0 saturated carbocycles. The Bertz CT molecular complexity index is 623. The van der Waals surface area contributed by atoms with E-state index < -0.39 is 23.1 Å². The average molecular weight is 266 g/mol. The highest BCUT2D eigenvalue weighted by Crippen LogP contribution is 2.32. The summed E-state index contributed by atoms with van der Waals surface area (Å²) in [5.41, 5.74) is -0.731. The zero-order chi connectivity index (χ0) is 14.0. The first-order valence-corrected chi connectivity index (χ1v) is 5.38. The SMILES string of the molecule is Cc1cnccc1C(=O)c1cnccc1C(F)(F)F. The van der Waals surface area contributed by atoms with Gasteiger partial charge in [-0.15, -0.1) is 0 Å². The Labute approximate surface area is 107 Å². The van der Waals surface area contributed by atoms with Crippen molar-refractivity contribution in [3.63, 3.8) is 0 Å². The third kappa shape index (κ3) is 2.62. The fraction of sp³-hybridized carbons (Fsp3) is 0.154. The topological polar surface area (TPSA) is 42.9 Å². The smallest absolute Gasteiger partial charge is 0.289 e. The van der Waals surface area contributed by atoms with Crippen LogP contribution in [0.5, 0.6) is 0 Å². The molecular weight excluding hydrogens is 257 g/mol. The van der Waals surface area contributed by atoms with Gasteiger partial charge in [0.25, 0.3) is 0 Å². The second-order valence-corrected chi connectivity index (χ2v) is 3.94. The van der Waals surface area contributed by atoms with Crippen LogP contribution in [0.2, 0.25) is 0 Å². The number of pyridine rings is 2. The number of halogens is 3. The number of hydrogen-bond acceptors (Lipinski definition) is 3. The van der Waals surface area contributed by atoms with Crippen molar-refractivity contribution in [3.05, 3.63) is 59.2 Å². The number of ketones is 1. The minimum atomic E-state index is -4.59. The van der Waals surface area contributed by atoms with Crippen molar-refractivity contribution in [1.82, 2.24) is 9.97 Å². The molecule has 2 heterocycles. The number of carbonyl (C=O) groups is 1. The molecule has 19 heavy (non-hydrogen) atoms. The van der Waals surface area contributed by atoms with Gasteiger partial charge >= 0.3 is 6.18 Å². The summed E-state index contributed by atoms with van der Waals surface area (Å²) in [6, 6.07) is 2.19. The van der Waals surface area contributed by atoms with Crippen molar-refractivity contribution in [3.8, 4) is 0 Å². The Hall–Kier alpha value is -2.24. The Kier molecular flexibility index (Phi) is 3.33. The summed E-state index contributed by atoms with van der Waals surface area (Å²) < 4.78 is 38.5. The van der Waals surface area contributed by atoms with E-state index in [-0.39, 0.29) is 5.56 Å². The van der Waals surface area contributed by atoms with E-state index in [0.717, 1.165) is 18.5 Å². The lowest BCUT2D eigenvalue weighted by Crippen LogP contribution is -2.15. The quantitative estimate of drug-likeness (QED) is 0.785. The van der Waals surface area contributed by atoms with E-state index in [1.54, 1.807) is 6.92 Å². The van der Waals surface area contributed by atoms with Crippen molar-refractivity contribution >= 4 is 5.78 Å². The molecule has 0 aliphatic heterocycles. The molecule has 0 spiro atoms. The van der Waals surface area contributed by atoms with Crippen LogP contribution in [0.1, 0.15) is 27.0 Å². The first-order valence-electron chi connectivity index (χ1n) is 5.38. The molecule has 0 unspecified atom stereocenters. The summed E-state index contributed by atoms with van der Waals surface area (Å²) >= 11 is 0. The maximum atomic E-state index is 12.8. The van der Waals surface area contributed by atoms with Crippen LogP contribution in [0.15, 0.2) is 36.9 Å². The second kappa shape index (κ2) is 4.79. The van der Waals surface area contributed by atoms with Crippen LogP contribution < -0.4 is 0 Å². The van der Waals surface area contributed by atoms with Gasteiger partial charge in [0.05, 0.1) is 11.1 Å². The molecule has 2 aromatic rings. The van der Waals surface area contributed by atoms with Gasteiger partial charge in [0.2, 0.25) is 0 Å². The van der Waals surface area contributed by atoms with Gasteiger partial charge in [-0.25, -0.2) is 0 Å². The summed E-state index contributed by atoms with van der Waals surface area (Å²) in [7, 11) is 0. The van der Waals surface area contributed by atoms with E-state index in [4.69, 9.17) is 0 Å². The molecule has 0 amide bonds. The van der Waals surface area contributed by atoms with Crippen LogP contribution in [0, 0.1) is 6.92 Å². The fourth-order valence-corrected chi connectivity index (χ4v) is 1.70. The van der Waals surface area contributed by atoms with Gasteiger partial charge < -0.3 is 0 Å². The summed E-state index contributed by atoms with van der Waals surface area (Å²) in [4.78, 5) is 19.6. The van der Waals surface area contributed by atoms with Gasteiger partial charge in [0, 0.05) is 30.4 Å². The van der Waals surface area contributed by atoms with Crippen LogP contribution in [-0.2, 0) is 6.18 Å². The maximum Gasteiger partial charge on any atom is 0.417 e. The average Bonchev–Trinajstić information content (AvgIpc) is 2.37. The first-order chi connectivity index (χ1) is 8.91. The molecule has 0 aromatic carbocycles. The number of aromatic nitrogens is 2. The number of carbonyl (C=O) groups excluding carboxylic acids is 1. The minimum Gasteiger partial charge on any atom is -0.289 e. The van der Waals surface area contributed by atoms with E-state index in [1.807, 2.05) is 0 Å². The lowest BCUT2D eigenvalue weighted by Gasteiger charge is -2.12. The highest BCUT2D eigenvalue weighted by atomic mass is 19.4. The number of hydrogen-bond donors (Lipinski definition) is 0. The predicted molar refractivity (Wildman–Crippen MR) is 61.6 cm³/mol. The standard InChI is InChI=1S/C13H9F3N2O/c1-8-6-17-4-2-9(8)12(19)10-7-18-5-3-11(10)13(14,15)16/h2-7H,1H3. The monoisotopic (exact) mass is 266 g/mol. The van der Waals surface area contributed by atoms with E-state index >= 15 is 0 Å². The Morgan fingerprint density at radius 2 is 1.68 bits per heavy atom. The lowest BCUT2D eigenvalue weighted by molar-refractivity contribution is -0.137. The fourth-order valence-electron chi connectivity index (χ4n) is 1.70. The molecule has 0 aliphatic rings. The Morgan fingerprint density at radius 1 is 1.05 bits per heavy atom. The summed E-state index contributed by atoms with van der Waals surface area (Å²) in [5.74, 6) is -0.708. The van der Waals surface area contributed by atoms with Crippen LogP contribution in [0.25, 0.3) is 0 Å². The molecule has 98 valence electrons. The van der Waals surface area contributed by atoms with Gasteiger partial charge in [0.15, 0.2) is 5.78 Å². The lowest BCUT2D eigenvalue weighted by atomic mass is 9.98. The third-order valence-electron chi connectivity index (χ3n) is 2.64. The maximum absolute atomic E-state index is 12.8. The minimum absolute atomic E-state index is 0.188. The van der Waals surface area contributed by atoms with Crippen molar-refractivity contribution < 1.29 is 18.0 Å². The van der Waals surface area contributed by atoms with Gasteiger partial charge in [0.1, 0.15) is 0 Å². The van der Waals surface area contributed by atoms with E-state index in [9.17, 15) is 18.0 Å². The molecular formula is C13H9F3N2O. The van der Waals surface area contributed by atoms with Crippen molar-refractivity contribution in [2.45, 2.75) is 13.1 Å². The molecule has 0 saturated heterocycles. The van der Waals surface area contributed by atoms with Crippen molar-refractivity contribution in [2.24, 2.45) is 0 Å². The van der Waals surface area contributed by atoms with Crippen molar-refractivity contribution in [2.75, 3.05) is 0 Å². The number of aryl methyl sites for hydroxylation is 1. The zero-order valence-electron chi connectivity index (χ0n) is 9.90. The molecule has 0 atom stereocenters. The first kappa shape index (κ1) is 13.2. The predicted octanol–water partition coefficient (Wildman–Crippen LogP) is 3.03. The highest BCUT2D eigenvalue weighted by Gasteiger charge is 2.35. The van der Waals surface area contributed by atoms with Crippen LogP contribution in [0.3, 0.4) is 0 Å². The normalized spacial score (nSPS) is 11.4. The Balaban J connectivity index is 2.55. The van der Waals surface area contributed by atoms with Gasteiger partial charge in [-0.3, -0.25) is 14.8 Å². The zero-order valence-corrected chi connectivity index (χ0v) is 9.90. The number of rotatable bonds is 2. The van der Waals surface area contributed by atoms with Gasteiger partial charge in [-0.05, 0) is 24.6 Å². The van der Waals surface area contributed by atoms with Gasteiger partial charge in [-0.1, -0.05) is 0 Å². The summed E-state index contributed by atoms with van der Waals surface area (Å²) in [6.07, 6.45) is 0.152. The summed E-state index contributed by atoms with van der Waals surface area (Å²) in [5, 5.41) is 0. The molecule has 0 bridgehead atoms. The highest BCUT2D eigenvalue weighted by molar-refractivity contribution is 6.10. The second-order valence-electron chi connectivity index (χ2n) is 3.94. The third-order valence-corrected chi connectivity index (χ3v) is 2.64. The van der Waals surface area contributed by atoms with Crippen LogP contribution >= 0.6 is 0 Å². The van der Waals surface area contributed by atoms with Crippen LogP contribution in [0.4, 0.5) is 13.2 Å². The molecule has 2 aromatic heterocycles. The largest absolute Gasteiger partial charge is 0.417 e. The molecule has 0 N–H and O–H groups in total. The molecule has 3 nitrogen and oxygen atoms in total. The van der Waals surface area contributed by atoms with Crippen molar-refractivity contribution in [1.29, 1.82) is 0 Å². The Morgan fingerprint density at radius 3 is 2.32 bits per heavy atom. The van der Waals surface area contributed by atoms with E-state index in [0.29, 0.717) is 5.56 Å². The van der Waals surface area contributed by atoms with E-state index in [2.05, 4.69) is 9.97 Å². The number of nitrogens with zero attached hydrogens (tertiary/aromatic N) is 2. The van der Waals surface area contributed by atoms with E-state index in [1.165, 1.54) is 18.5 Å². The molecule has 0 fully saturated rings. The molecule has 0 aliphatic carbocycles. The molecule has 0 radical (unpaired) electrons. The number of alkyl halides is 3. The molecule has 6 heteroatoms. The van der Waals surface area contributed by atoms with Crippen LogP contribution in [-0.4, -0.2) is 15.8 Å². The van der Waals surface area contributed by atoms with Gasteiger partial charge in [-0.2, -0.15) is 13.2 Å². The summed E-state index contributed by atoms with van der Waals surface area (Å²) in [6.45, 7) is 1.61. The molecule has 2 rings (SSSR count).